The summed E-state index contributed by atoms with van der Waals surface area (Å²) in [5.41, 5.74) is 1.34. The van der Waals surface area contributed by atoms with E-state index in [1.54, 1.807) is 7.11 Å². The van der Waals surface area contributed by atoms with E-state index in [9.17, 15) is 0 Å². The van der Waals surface area contributed by atoms with Crippen LogP contribution in [-0.2, 0) is 6.54 Å². The van der Waals surface area contributed by atoms with Crippen molar-refractivity contribution in [2.75, 3.05) is 40.3 Å². The van der Waals surface area contributed by atoms with Crippen molar-refractivity contribution >= 4 is 0 Å². The molecule has 2 aromatic rings. The van der Waals surface area contributed by atoms with Gasteiger partial charge in [0.25, 0.3) is 0 Å². The van der Waals surface area contributed by atoms with E-state index in [-0.39, 0.29) is 0 Å². The predicted molar refractivity (Wildman–Crippen MR) is 90.7 cm³/mol. The van der Waals surface area contributed by atoms with Gasteiger partial charge < -0.3 is 14.2 Å². The lowest BCUT2D eigenvalue weighted by atomic mass is 9.83. The Labute approximate surface area is 142 Å². The Balaban J connectivity index is 1.43. The van der Waals surface area contributed by atoms with Crippen LogP contribution in [0.15, 0.2) is 28.8 Å². The molecule has 2 fully saturated rings. The number of likely N-dealkylation sites (tertiary alicyclic amines) is 2. The summed E-state index contributed by atoms with van der Waals surface area (Å²) in [6, 6.07) is 7.71. The van der Waals surface area contributed by atoms with Gasteiger partial charge in [0.2, 0.25) is 11.7 Å². The summed E-state index contributed by atoms with van der Waals surface area (Å²) in [6.45, 7) is 7.71. The van der Waals surface area contributed by atoms with Crippen LogP contribution in [0.1, 0.15) is 12.8 Å². The van der Waals surface area contributed by atoms with Crippen LogP contribution in [-0.4, -0.2) is 60.3 Å². The van der Waals surface area contributed by atoms with E-state index in [1.165, 1.54) is 13.1 Å². The van der Waals surface area contributed by atoms with Crippen LogP contribution in [0.25, 0.3) is 11.4 Å². The van der Waals surface area contributed by atoms with Crippen molar-refractivity contribution in [1.82, 2.24) is 19.9 Å². The lowest BCUT2D eigenvalue weighted by Crippen LogP contribution is -2.30. The van der Waals surface area contributed by atoms with E-state index in [2.05, 4.69) is 33.9 Å². The highest BCUT2D eigenvalue weighted by molar-refractivity contribution is 5.55. The van der Waals surface area contributed by atoms with Crippen LogP contribution in [0.2, 0.25) is 0 Å². The maximum absolute atomic E-state index is 5.47. The SMILES string of the molecule is COc1ccc(-c2noc(CN3C[C@@H]4CN(C)C[C@]4(C)C3)n2)cc1. The second-order valence-corrected chi connectivity index (χ2v) is 7.46. The maximum Gasteiger partial charge on any atom is 0.241 e. The van der Waals surface area contributed by atoms with Gasteiger partial charge in [-0.05, 0) is 42.6 Å². The number of aromatic nitrogens is 2. The Hall–Kier alpha value is -1.92. The fourth-order valence-corrected chi connectivity index (χ4v) is 4.24. The van der Waals surface area contributed by atoms with Crippen LogP contribution in [0.5, 0.6) is 5.75 Å². The first kappa shape index (κ1) is 15.6. The molecule has 1 aromatic carbocycles. The quantitative estimate of drug-likeness (QED) is 0.857. The van der Waals surface area contributed by atoms with Crippen LogP contribution in [0.3, 0.4) is 0 Å². The summed E-state index contributed by atoms with van der Waals surface area (Å²) in [4.78, 5) is 9.45. The van der Waals surface area contributed by atoms with Gasteiger partial charge in [-0.2, -0.15) is 4.98 Å². The topological polar surface area (TPSA) is 54.6 Å². The van der Waals surface area contributed by atoms with Gasteiger partial charge in [-0.3, -0.25) is 4.90 Å². The average Bonchev–Trinajstić information content (AvgIpc) is 3.19. The third-order valence-electron chi connectivity index (χ3n) is 5.39. The Morgan fingerprint density at radius 3 is 2.75 bits per heavy atom. The minimum Gasteiger partial charge on any atom is -0.497 e. The minimum atomic E-state index is 0.396. The first-order chi connectivity index (χ1) is 11.6. The molecular formula is C18H24N4O2. The maximum atomic E-state index is 5.47. The molecule has 2 atom stereocenters. The molecule has 2 aliphatic heterocycles. The third-order valence-corrected chi connectivity index (χ3v) is 5.39. The molecule has 2 aliphatic rings. The van der Waals surface area contributed by atoms with Gasteiger partial charge in [0.1, 0.15) is 5.75 Å². The van der Waals surface area contributed by atoms with E-state index < -0.39 is 0 Å². The Morgan fingerprint density at radius 2 is 2.04 bits per heavy atom. The van der Waals surface area contributed by atoms with Crippen molar-refractivity contribution in [2.24, 2.45) is 11.3 Å². The zero-order valence-electron chi connectivity index (χ0n) is 14.5. The summed E-state index contributed by atoms with van der Waals surface area (Å²) < 4.78 is 10.6. The first-order valence-corrected chi connectivity index (χ1v) is 8.44. The molecule has 0 N–H and O–H groups in total. The van der Waals surface area contributed by atoms with E-state index in [4.69, 9.17) is 9.26 Å². The Bertz CT molecular complexity index is 714. The van der Waals surface area contributed by atoms with Gasteiger partial charge in [0, 0.05) is 31.7 Å². The molecule has 0 unspecified atom stereocenters. The molecule has 1 aromatic heterocycles. The predicted octanol–water partition coefficient (Wildman–Crippen LogP) is 2.13. The second-order valence-electron chi connectivity index (χ2n) is 7.46. The molecule has 6 nitrogen and oxygen atoms in total. The number of hydrogen-bond donors (Lipinski definition) is 0. The molecule has 0 bridgehead atoms. The Kier molecular flexibility index (Phi) is 3.81. The molecule has 3 heterocycles. The highest BCUT2D eigenvalue weighted by Crippen LogP contribution is 2.41. The second kappa shape index (κ2) is 5.86. The number of hydrogen-bond acceptors (Lipinski definition) is 6. The molecule has 0 spiro atoms. The van der Waals surface area contributed by atoms with Crippen molar-refractivity contribution in [3.8, 4) is 17.1 Å². The number of nitrogens with zero attached hydrogens (tertiary/aromatic N) is 4. The Morgan fingerprint density at radius 1 is 1.25 bits per heavy atom. The number of fused-ring (bicyclic) bond motifs is 1. The van der Waals surface area contributed by atoms with Gasteiger partial charge in [-0.1, -0.05) is 12.1 Å². The van der Waals surface area contributed by atoms with Crippen LogP contribution >= 0.6 is 0 Å². The van der Waals surface area contributed by atoms with Crippen molar-refractivity contribution in [1.29, 1.82) is 0 Å². The number of ether oxygens (including phenoxy) is 1. The van der Waals surface area contributed by atoms with Gasteiger partial charge >= 0.3 is 0 Å². The zero-order valence-corrected chi connectivity index (χ0v) is 14.5. The molecule has 6 heteroatoms. The fourth-order valence-electron chi connectivity index (χ4n) is 4.24. The monoisotopic (exact) mass is 328 g/mol. The first-order valence-electron chi connectivity index (χ1n) is 8.44. The summed E-state index contributed by atoms with van der Waals surface area (Å²) in [7, 11) is 3.87. The third kappa shape index (κ3) is 2.80. The summed E-state index contributed by atoms with van der Waals surface area (Å²) in [5.74, 6) is 2.89. The van der Waals surface area contributed by atoms with Crippen molar-refractivity contribution in [2.45, 2.75) is 13.5 Å². The number of benzene rings is 1. The van der Waals surface area contributed by atoms with Crippen LogP contribution in [0.4, 0.5) is 0 Å². The van der Waals surface area contributed by atoms with Crippen LogP contribution in [0, 0.1) is 11.3 Å². The lowest BCUT2D eigenvalue weighted by molar-refractivity contribution is 0.216. The van der Waals surface area contributed by atoms with E-state index in [0.29, 0.717) is 17.1 Å². The average molecular weight is 328 g/mol. The highest BCUT2D eigenvalue weighted by atomic mass is 16.5. The molecule has 24 heavy (non-hydrogen) atoms. The molecular weight excluding hydrogens is 304 g/mol. The van der Waals surface area contributed by atoms with Crippen molar-refractivity contribution in [3.05, 3.63) is 30.2 Å². The van der Waals surface area contributed by atoms with E-state index in [1.807, 2.05) is 24.3 Å². The largest absolute Gasteiger partial charge is 0.497 e. The molecule has 128 valence electrons. The molecule has 0 saturated carbocycles. The van der Waals surface area contributed by atoms with Gasteiger partial charge in [-0.15, -0.1) is 0 Å². The van der Waals surface area contributed by atoms with Gasteiger partial charge in [-0.25, -0.2) is 0 Å². The number of rotatable bonds is 4. The summed E-state index contributed by atoms with van der Waals surface area (Å²) >= 11 is 0. The summed E-state index contributed by atoms with van der Waals surface area (Å²) in [5, 5.41) is 4.12. The highest BCUT2D eigenvalue weighted by Gasteiger charge is 2.48. The van der Waals surface area contributed by atoms with Crippen LogP contribution < -0.4 is 4.74 Å². The normalized spacial score (nSPS) is 27.5. The van der Waals surface area contributed by atoms with Gasteiger partial charge in [0.05, 0.1) is 13.7 Å². The smallest absolute Gasteiger partial charge is 0.241 e. The minimum absolute atomic E-state index is 0.396. The molecule has 0 aliphatic carbocycles. The molecule has 4 rings (SSSR count). The zero-order chi connectivity index (χ0) is 16.7. The molecule has 0 radical (unpaired) electrons. The fraction of sp³-hybridized carbons (Fsp3) is 0.556. The molecule has 2 saturated heterocycles. The van der Waals surface area contributed by atoms with Gasteiger partial charge in [0.15, 0.2) is 0 Å². The number of methoxy groups -OCH3 is 1. The lowest BCUT2D eigenvalue weighted by Gasteiger charge is -2.23. The van der Waals surface area contributed by atoms with Crippen molar-refractivity contribution < 1.29 is 9.26 Å². The molecule has 0 amide bonds. The van der Waals surface area contributed by atoms with Crippen molar-refractivity contribution in [3.63, 3.8) is 0 Å². The standard InChI is InChI=1S/C18H24N4O2/c1-18-11-21(2)8-14(18)9-22(12-18)10-16-19-17(20-24-16)13-4-6-15(23-3)7-5-13/h4-7,14H,8-12H2,1-3H3/t14-,18+/m0/s1. The summed E-state index contributed by atoms with van der Waals surface area (Å²) in [6.07, 6.45) is 0. The van der Waals surface area contributed by atoms with E-state index in [0.717, 1.165) is 36.9 Å². The van der Waals surface area contributed by atoms with E-state index >= 15 is 0 Å².